The molecule has 11 atom stereocenters. The summed E-state index contributed by atoms with van der Waals surface area (Å²) in [5.41, 5.74) is 7.24. The van der Waals surface area contributed by atoms with E-state index in [1.165, 1.54) is 90.4 Å². The van der Waals surface area contributed by atoms with E-state index in [1.807, 2.05) is 26.3 Å². The lowest BCUT2D eigenvalue weighted by molar-refractivity contribution is -0.160. The third kappa shape index (κ3) is 20.4. The molecule has 15 N–H and O–H groups in total. The van der Waals surface area contributed by atoms with Crippen molar-refractivity contribution in [3.63, 3.8) is 0 Å². The fourth-order valence-corrected chi connectivity index (χ4v) is 10.2. The highest BCUT2D eigenvalue weighted by atomic mass is 16.7. The van der Waals surface area contributed by atoms with Crippen molar-refractivity contribution in [3.8, 4) is 23.0 Å². The Bertz CT molecular complexity index is 3180. The Morgan fingerprint density at radius 1 is 0.870 bits per heavy atom. The fraction of sp³-hybridized carbons (Fsp3) is 0.516. The van der Waals surface area contributed by atoms with E-state index < -0.39 is 94.7 Å². The van der Waals surface area contributed by atoms with Crippen LogP contribution in [0, 0.1) is 30.6 Å². The Morgan fingerprint density at radius 2 is 1.49 bits per heavy atom. The zero-order valence-corrected chi connectivity index (χ0v) is 54.5. The highest BCUT2D eigenvalue weighted by molar-refractivity contribution is 6.24. The topological polar surface area (TPSA) is 422 Å². The number of phenols is 3. The van der Waals surface area contributed by atoms with Gasteiger partial charge in [0.1, 0.15) is 29.0 Å². The number of aromatic hydroxyl groups is 3. The molecule has 0 radical (unpaired) electrons. The molecule has 0 saturated carbocycles. The number of aliphatic hydroxyl groups excluding tert-OH is 4. The zero-order chi connectivity index (χ0) is 68.6. The minimum Gasteiger partial charge on any atom is -0.507 e. The first-order valence-corrected chi connectivity index (χ1v) is 30.4. The summed E-state index contributed by atoms with van der Waals surface area (Å²) in [7, 11) is 3.42. The quantitative estimate of drug-likeness (QED) is 0.0119. The second-order valence-electron chi connectivity index (χ2n) is 22.8. The molecular formula is C64H94N12O16. The molecule has 506 valence electrons. The molecule has 1 saturated heterocycles. The van der Waals surface area contributed by atoms with Crippen LogP contribution in [0.1, 0.15) is 117 Å². The molecule has 2 aromatic heterocycles. The maximum Gasteiger partial charge on any atom is 0.312 e. The van der Waals surface area contributed by atoms with E-state index in [2.05, 4.69) is 40.9 Å². The van der Waals surface area contributed by atoms with Gasteiger partial charge in [0.25, 0.3) is 23.5 Å². The number of fused-ring (bicyclic) bond motifs is 14. The van der Waals surface area contributed by atoms with Gasteiger partial charge >= 0.3 is 11.8 Å². The number of hydrogen-bond donors (Lipinski definition) is 13. The summed E-state index contributed by atoms with van der Waals surface area (Å²) in [6, 6.07) is 3.57. The number of hydrogen-bond acceptors (Lipinski definition) is 25. The Morgan fingerprint density at radius 3 is 2.01 bits per heavy atom. The number of primary amides is 1. The SMILES string of the molecule is CC[C@@H](CO)NCCN[C@@H](CC)CO.CO[C@H]1/C=C/O[C@@]2(C)Oc3c(C)c(O)c4c(O)c(c(/C=N/N5CCN(C)CC5)c(O)c4c3C2=O)NC(=O)/C(C)=C\C=C\[C@H](C)[C@H](O)[C@@H](C)[C@@H](O)[C@@H](C)[C@H](OC(C)=O)[C@@H]1C.NC(=O)c1cnccn1.NNC(=O)c1ccncc1. The van der Waals surface area contributed by atoms with Crippen molar-refractivity contribution in [1.82, 2.24) is 40.9 Å². The van der Waals surface area contributed by atoms with Gasteiger partial charge in [-0.15, -0.1) is 0 Å². The van der Waals surface area contributed by atoms with Crippen LogP contribution in [0.4, 0.5) is 5.69 Å². The van der Waals surface area contributed by atoms with Crippen molar-refractivity contribution in [1.29, 1.82) is 0 Å². The van der Waals surface area contributed by atoms with Gasteiger partial charge in [-0.25, -0.2) is 10.8 Å². The van der Waals surface area contributed by atoms with Gasteiger partial charge in [0.15, 0.2) is 5.75 Å². The van der Waals surface area contributed by atoms with E-state index >= 15 is 0 Å². The number of esters is 1. The molecule has 28 heteroatoms. The van der Waals surface area contributed by atoms with Crippen molar-refractivity contribution >= 4 is 52.1 Å². The Balaban J connectivity index is 0.000000438. The van der Waals surface area contributed by atoms with Crippen LogP contribution < -0.4 is 37.7 Å². The van der Waals surface area contributed by atoms with Crippen LogP contribution in [0.2, 0.25) is 0 Å². The molecule has 5 bridgehead atoms. The number of piperazine rings is 1. The molecule has 0 aliphatic carbocycles. The van der Waals surface area contributed by atoms with Crippen LogP contribution in [-0.2, 0) is 23.8 Å². The van der Waals surface area contributed by atoms with E-state index in [4.69, 9.17) is 40.7 Å². The summed E-state index contributed by atoms with van der Waals surface area (Å²) < 4.78 is 23.6. The number of Topliss-reactive ketones (excluding diaryl/α,β-unsaturated/α-hetero) is 1. The summed E-state index contributed by atoms with van der Waals surface area (Å²) >= 11 is 0. The number of allylic oxidation sites excluding steroid dienone is 2. The molecule has 2 aromatic carbocycles. The number of nitrogens with zero attached hydrogens (tertiary/aromatic N) is 6. The standard InChI is InChI=1S/C43H58N4O12.C10H24N2O2.C6H7N3O.C5H5N3O/c1-21-12-11-13-22(2)42(55)45-33-28(20-44-47-17-15-46(9)16-18-47)37(52)30-31(38(33)53)36(51)26(6)40-32(30)41(54)43(8,59-40)57-19-14-29(56-10)23(3)39(58-27(7)48)25(5)35(50)24(4)34(21)49;1-3-9(7-13)11-5-6-12-10(4-2)8-14;7-9-6(10)5-1-3-8-4-2-5;6-5(9)4-3-7-1-2-8-4/h11-14,19-21,23-25,29,34-35,39,49-53H,15-18H2,1-10H3,(H,45,55);9-14H,3-8H2,1-2H3;1-4H,7H2,(H,9,10);1-3H,(H2,6,9)/b12-11+,19-14+,22-13-,44-20+;;;/t21-,23+,24+,25+,29-,34-,35+,39+,43-;9-,10-;;/m00../s1. The zero-order valence-electron chi connectivity index (χ0n) is 54.5. The van der Waals surface area contributed by atoms with Crippen LogP contribution in [0.5, 0.6) is 23.0 Å². The smallest absolute Gasteiger partial charge is 0.312 e. The highest BCUT2D eigenvalue weighted by Crippen LogP contribution is 2.55. The molecule has 4 aliphatic rings. The van der Waals surface area contributed by atoms with E-state index in [0.717, 1.165) is 39.0 Å². The number of pyridine rings is 1. The molecule has 3 amide bonds. The van der Waals surface area contributed by atoms with Crippen LogP contribution in [0.15, 0.2) is 84.4 Å². The highest BCUT2D eigenvalue weighted by Gasteiger charge is 2.50. The van der Waals surface area contributed by atoms with E-state index in [1.54, 1.807) is 57.0 Å². The first-order valence-electron chi connectivity index (χ1n) is 30.4. The number of likely N-dealkylation sites (N-methyl/N-ethyl adjacent to an activating group) is 1. The first kappa shape index (κ1) is 76.3. The van der Waals surface area contributed by atoms with Crippen molar-refractivity contribution in [2.45, 2.75) is 124 Å². The number of carbonyl (C=O) groups is 5. The summed E-state index contributed by atoms with van der Waals surface area (Å²) in [5.74, 6) is -4.31. The predicted octanol–water partition coefficient (Wildman–Crippen LogP) is 3.30. The number of ketones is 1. The summed E-state index contributed by atoms with van der Waals surface area (Å²) in [5, 5.41) is 91.1. The number of anilines is 1. The van der Waals surface area contributed by atoms with Gasteiger partial charge in [0.05, 0.1) is 72.4 Å². The lowest BCUT2D eigenvalue weighted by Crippen LogP contribution is -2.46. The number of hydrazine groups is 1. The van der Waals surface area contributed by atoms with Gasteiger partial charge in [-0.2, -0.15) is 5.10 Å². The number of hydrazone groups is 1. The van der Waals surface area contributed by atoms with Gasteiger partial charge in [-0.05, 0) is 51.9 Å². The lowest BCUT2D eigenvalue weighted by Gasteiger charge is -2.38. The maximum atomic E-state index is 14.4. The van der Waals surface area contributed by atoms with E-state index in [-0.39, 0.29) is 81.4 Å². The number of aromatic nitrogens is 3. The van der Waals surface area contributed by atoms with Crippen LogP contribution in [-0.4, -0.2) is 205 Å². The second kappa shape index (κ2) is 36.7. The molecule has 92 heavy (non-hydrogen) atoms. The number of nitrogens with two attached hydrogens (primary N) is 2. The largest absolute Gasteiger partial charge is 0.507 e. The van der Waals surface area contributed by atoms with Crippen LogP contribution in [0.25, 0.3) is 10.8 Å². The van der Waals surface area contributed by atoms with Crippen LogP contribution in [0.3, 0.4) is 0 Å². The molecule has 6 heterocycles. The van der Waals surface area contributed by atoms with Crippen molar-refractivity contribution in [3.05, 3.63) is 107 Å². The van der Waals surface area contributed by atoms with Crippen LogP contribution >= 0.6 is 0 Å². The number of benzene rings is 2. The average molecular weight is 1290 g/mol. The van der Waals surface area contributed by atoms with Crippen molar-refractivity contribution in [2.75, 3.05) is 72.0 Å². The predicted molar refractivity (Wildman–Crippen MR) is 345 cm³/mol. The number of nitrogen functional groups attached to an aromatic ring is 1. The summed E-state index contributed by atoms with van der Waals surface area (Å²) in [6.07, 6.45) is 14.0. The monoisotopic (exact) mass is 1290 g/mol. The number of carbonyl (C=O) groups excluding carboxylic acids is 5. The summed E-state index contributed by atoms with van der Waals surface area (Å²) in [6.45, 7) is 21.2. The molecule has 28 nitrogen and oxygen atoms in total. The number of ether oxygens (including phenoxy) is 4. The van der Waals surface area contributed by atoms with E-state index in [9.17, 15) is 49.5 Å². The maximum absolute atomic E-state index is 14.4. The number of nitrogens with one attached hydrogen (secondary N) is 4. The molecule has 4 aliphatic heterocycles. The number of aliphatic hydroxyl groups is 4. The third-order valence-electron chi connectivity index (χ3n) is 16.2. The molecule has 0 unspecified atom stereocenters. The Hall–Kier alpha value is -8.19. The van der Waals surface area contributed by atoms with Gasteiger partial charge < -0.3 is 81.3 Å². The molecule has 0 spiro atoms. The van der Waals surface area contributed by atoms with Gasteiger partial charge in [-0.3, -0.25) is 44.4 Å². The summed E-state index contributed by atoms with van der Waals surface area (Å²) in [4.78, 5) is 74.7. The van der Waals surface area contributed by atoms with Gasteiger partial charge in [0.2, 0.25) is 0 Å². The molecule has 8 rings (SSSR count). The number of amides is 3. The van der Waals surface area contributed by atoms with Gasteiger partial charge in [-0.1, -0.05) is 59.8 Å². The molecule has 4 aromatic rings. The number of methoxy groups -OCH3 is 1. The van der Waals surface area contributed by atoms with Gasteiger partial charge in [0, 0.05) is 143 Å². The minimum absolute atomic E-state index is 0.0559. The average Bonchev–Trinajstić information content (AvgIpc) is 1.44. The lowest BCUT2D eigenvalue weighted by atomic mass is 9.78. The second-order valence-corrected chi connectivity index (χ2v) is 22.8. The molecule has 1 fully saturated rings. The van der Waals surface area contributed by atoms with Crippen molar-refractivity contribution in [2.24, 2.45) is 40.3 Å². The fourth-order valence-electron chi connectivity index (χ4n) is 10.2. The number of rotatable bonds is 15. The Labute approximate surface area is 536 Å². The Kier molecular flexibility index (Phi) is 30.5. The third-order valence-corrected chi connectivity index (χ3v) is 16.2. The van der Waals surface area contributed by atoms with E-state index in [0.29, 0.717) is 18.7 Å². The number of phenolic OH excluding ortho intramolecular Hbond substituents is 3. The normalized spacial score (nSPS) is 24.8. The minimum atomic E-state index is -2.04. The first-order chi connectivity index (χ1) is 43.7. The van der Waals surface area contributed by atoms with Crippen molar-refractivity contribution < 1.29 is 78.7 Å². The molecular weight excluding hydrogens is 1190 g/mol.